The third-order valence-corrected chi connectivity index (χ3v) is 3.39. The number of hydrogen-bond acceptors (Lipinski definition) is 2. The molecule has 0 fully saturated rings. The lowest BCUT2D eigenvalue weighted by Crippen LogP contribution is -2.15. The number of aryl methyl sites for hydroxylation is 1. The minimum atomic E-state index is -0.159. The third kappa shape index (κ3) is 4.95. The Balaban J connectivity index is 2.07. The lowest BCUT2D eigenvalue weighted by Gasteiger charge is -2.10. The Bertz CT molecular complexity index is 708. The Morgan fingerprint density at radius 3 is 2.26 bits per heavy atom. The van der Waals surface area contributed by atoms with Crippen molar-refractivity contribution in [3.05, 3.63) is 59.7 Å². The number of amides is 2. The number of carbonyl (C=O) groups is 2. The second kappa shape index (κ2) is 7.58. The highest BCUT2D eigenvalue weighted by Crippen LogP contribution is 2.17. The van der Waals surface area contributed by atoms with Gasteiger partial charge in [-0.2, -0.15) is 0 Å². The van der Waals surface area contributed by atoms with Crippen molar-refractivity contribution in [3.8, 4) is 0 Å². The first-order valence-corrected chi connectivity index (χ1v) is 7.72. The summed E-state index contributed by atoms with van der Waals surface area (Å²) >= 11 is 0. The van der Waals surface area contributed by atoms with E-state index in [1.165, 1.54) is 0 Å². The molecule has 0 radical (unpaired) electrons. The lowest BCUT2D eigenvalue weighted by atomic mass is 10.1. The minimum Gasteiger partial charge on any atom is -0.326 e. The first kappa shape index (κ1) is 16.7. The highest BCUT2D eigenvalue weighted by molar-refractivity contribution is 6.05. The Hall–Kier alpha value is -2.62. The summed E-state index contributed by atoms with van der Waals surface area (Å²) in [6.45, 7) is 5.90. The van der Waals surface area contributed by atoms with E-state index in [1.807, 2.05) is 45.0 Å². The molecule has 0 aliphatic heterocycles. The molecule has 0 spiro atoms. The summed E-state index contributed by atoms with van der Waals surface area (Å²) in [6.07, 6.45) is 0.472. The van der Waals surface area contributed by atoms with Gasteiger partial charge in [-0.1, -0.05) is 38.1 Å². The van der Waals surface area contributed by atoms with E-state index in [0.717, 1.165) is 5.56 Å². The van der Waals surface area contributed by atoms with Crippen molar-refractivity contribution in [3.63, 3.8) is 0 Å². The van der Waals surface area contributed by atoms with Crippen molar-refractivity contribution in [2.24, 2.45) is 5.92 Å². The van der Waals surface area contributed by atoms with Gasteiger partial charge >= 0.3 is 0 Å². The van der Waals surface area contributed by atoms with E-state index in [0.29, 0.717) is 29.3 Å². The van der Waals surface area contributed by atoms with Crippen LogP contribution in [0.15, 0.2) is 48.5 Å². The zero-order valence-electron chi connectivity index (χ0n) is 13.7. The van der Waals surface area contributed by atoms with Gasteiger partial charge in [0.2, 0.25) is 5.91 Å². The molecular formula is C19H22N2O2. The van der Waals surface area contributed by atoms with Crippen molar-refractivity contribution < 1.29 is 9.59 Å². The first-order chi connectivity index (χ1) is 11.0. The van der Waals surface area contributed by atoms with Crippen molar-refractivity contribution >= 4 is 23.2 Å². The van der Waals surface area contributed by atoms with E-state index >= 15 is 0 Å². The SMILES string of the molecule is Cc1ccccc1C(=O)Nc1cccc(NC(=O)CC(C)C)c1. The van der Waals surface area contributed by atoms with Gasteiger partial charge in [0.15, 0.2) is 0 Å². The molecule has 0 aliphatic carbocycles. The van der Waals surface area contributed by atoms with Crippen molar-refractivity contribution in [2.45, 2.75) is 27.2 Å². The summed E-state index contributed by atoms with van der Waals surface area (Å²) in [7, 11) is 0. The van der Waals surface area contributed by atoms with Gasteiger partial charge in [0, 0.05) is 23.4 Å². The molecule has 0 unspecified atom stereocenters. The van der Waals surface area contributed by atoms with E-state index in [-0.39, 0.29) is 11.8 Å². The smallest absolute Gasteiger partial charge is 0.255 e. The van der Waals surface area contributed by atoms with Gasteiger partial charge in [0.1, 0.15) is 0 Å². The summed E-state index contributed by atoms with van der Waals surface area (Å²) in [5, 5.41) is 5.71. The third-order valence-electron chi connectivity index (χ3n) is 3.39. The van der Waals surface area contributed by atoms with Crippen LogP contribution in [0.1, 0.15) is 36.2 Å². The highest BCUT2D eigenvalue weighted by Gasteiger charge is 2.09. The van der Waals surface area contributed by atoms with Crippen molar-refractivity contribution in [2.75, 3.05) is 10.6 Å². The first-order valence-electron chi connectivity index (χ1n) is 7.72. The van der Waals surface area contributed by atoms with E-state index < -0.39 is 0 Å². The average molecular weight is 310 g/mol. The molecule has 0 saturated carbocycles. The predicted molar refractivity (Wildman–Crippen MR) is 93.7 cm³/mol. The van der Waals surface area contributed by atoms with Crippen LogP contribution in [-0.2, 0) is 4.79 Å². The molecule has 0 saturated heterocycles. The quantitative estimate of drug-likeness (QED) is 0.868. The molecule has 2 aromatic carbocycles. The Morgan fingerprint density at radius 1 is 0.957 bits per heavy atom. The predicted octanol–water partition coefficient (Wildman–Crippen LogP) is 4.23. The van der Waals surface area contributed by atoms with Crippen LogP contribution in [0.5, 0.6) is 0 Å². The number of rotatable bonds is 5. The number of nitrogens with one attached hydrogen (secondary N) is 2. The maximum absolute atomic E-state index is 12.3. The van der Waals surface area contributed by atoms with Crippen molar-refractivity contribution in [1.29, 1.82) is 0 Å². The zero-order chi connectivity index (χ0) is 16.8. The molecule has 2 rings (SSSR count). The van der Waals surface area contributed by atoms with Gasteiger partial charge in [-0.05, 0) is 42.7 Å². The van der Waals surface area contributed by atoms with Gasteiger partial charge in [0.25, 0.3) is 5.91 Å². The van der Waals surface area contributed by atoms with Gasteiger partial charge < -0.3 is 10.6 Å². The van der Waals surface area contributed by atoms with Gasteiger partial charge in [-0.15, -0.1) is 0 Å². The lowest BCUT2D eigenvalue weighted by molar-refractivity contribution is -0.116. The van der Waals surface area contributed by atoms with E-state index in [2.05, 4.69) is 10.6 Å². The van der Waals surface area contributed by atoms with Crippen LogP contribution < -0.4 is 10.6 Å². The number of carbonyl (C=O) groups excluding carboxylic acids is 2. The monoisotopic (exact) mass is 310 g/mol. The van der Waals surface area contributed by atoms with Crippen molar-refractivity contribution in [1.82, 2.24) is 0 Å². The molecule has 23 heavy (non-hydrogen) atoms. The van der Waals surface area contributed by atoms with Gasteiger partial charge in [0.05, 0.1) is 0 Å². The van der Waals surface area contributed by atoms with E-state index in [9.17, 15) is 9.59 Å². The van der Waals surface area contributed by atoms with Crippen LogP contribution in [0.2, 0.25) is 0 Å². The molecule has 0 heterocycles. The fraction of sp³-hybridized carbons (Fsp3) is 0.263. The highest BCUT2D eigenvalue weighted by atomic mass is 16.2. The van der Waals surface area contributed by atoms with Crippen LogP contribution in [0.3, 0.4) is 0 Å². The standard InChI is InChI=1S/C19H22N2O2/c1-13(2)11-18(22)20-15-8-6-9-16(12-15)21-19(23)17-10-5-4-7-14(17)3/h4-10,12-13H,11H2,1-3H3,(H,20,22)(H,21,23). The van der Waals surface area contributed by atoms with Gasteiger partial charge in [-0.25, -0.2) is 0 Å². The van der Waals surface area contributed by atoms with Gasteiger partial charge in [-0.3, -0.25) is 9.59 Å². The fourth-order valence-corrected chi connectivity index (χ4v) is 2.28. The fourth-order valence-electron chi connectivity index (χ4n) is 2.28. The number of hydrogen-bond donors (Lipinski definition) is 2. The largest absolute Gasteiger partial charge is 0.326 e. The molecule has 0 aliphatic rings. The van der Waals surface area contributed by atoms with Crippen LogP contribution in [0.25, 0.3) is 0 Å². The van der Waals surface area contributed by atoms with Crippen LogP contribution in [-0.4, -0.2) is 11.8 Å². The molecule has 0 atom stereocenters. The second-order valence-corrected chi connectivity index (χ2v) is 6.00. The molecule has 4 nitrogen and oxygen atoms in total. The summed E-state index contributed by atoms with van der Waals surface area (Å²) < 4.78 is 0. The molecule has 2 amide bonds. The Labute approximate surface area is 136 Å². The Morgan fingerprint density at radius 2 is 1.61 bits per heavy atom. The summed E-state index contributed by atoms with van der Waals surface area (Å²) in [5.41, 5.74) is 2.90. The molecule has 4 heteroatoms. The summed E-state index contributed by atoms with van der Waals surface area (Å²) in [5.74, 6) is 0.120. The molecule has 120 valence electrons. The number of benzene rings is 2. The van der Waals surface area contributed by atoms with Crippen LogP contribution in [0.4, 0.5) is 11.4 Å². The second-order valence-electron chi connectivity index (χ2n) is 6.00. The van der Waals surface area contributed by atoms with E-state index in [1.54, 1.807) is 24.3 Å². The normalized spacial score (nSPS) is 10.4. The van der Waals surface area contributed by atoms with E-state index in [4.69, 9.17) is 0 Å². The maximum atomic E-state index is 12.3. The zero-order valence-corrected chi connectivity index (χ0v) is 13.7. The minimum absolute atomic E-state index is 0.0256. The number of anilines is 2. The Kier molecular flexibility index (Phi) is 5.52. The molecule has 0 aromatic heterocycles. The molecule has 2 aromatic rings. The summed E-state index contributed by atoms with van der Waals surface area (Å²) in [6, 6.07) is 14.6. The summed E-state index contributed by atoms with van der Waals surface area (Å²) in [4.78, 5) is 24.1. The molecule has 0 bridgehead atoms. The van der Waals surface area contributed by atoms with Crippen LogP contribution in [0, 0.1) is 12.8 Å². The average Bonchev–Trinajstić information content (AvgIpc) is 2.47. The molecule has 2 N–H and O–H groups in total. The molecular weight excluding hydrogens is 288 g/mol. The van der Waals surface area contributed by atoms with Crippen LogP contribution >= 0.6 is 0 Å². The topological polar surface area (TPSA) is 58.2 Å². The maximum Gasteiger partial charge on any atom is 0.255 e.